The number of nitrogens with one attached hydrogen (secondary N) is 2. The smallest absolute Gasteiger partial charge is 0.191 e. The highest BCUT2D eigenvalue weighted by molar-refractivity contribution is 5.80. The molecule has 2 N–H and O–H groups in total. The van der Waals surface area contributed by atoms with Gasteiger partial charge in [0, 0.05) is 57.7 Å². The molecule has 0 saturated carbocycles. The van der Waals surface area contributed by atoms with Crippen molar-refractivity contribution in [2.24, 2.45) is 10.9 Å². The molecule has 1 aliphatic rings. The Morgan fingerprint density at radius 3 is 2.78 bits per heavy atom. The number of benzene rings is 1. The van der Waals surface area contributed by atoms with Gasteiger partial charge in [-0.05, 0) is 30.9 Å². The number of guanidine groups is 1. The summed E-state index contributed by atoms with van der Waals surface area (Å²) < 4.78 is 2.08. The zero-order chi connectivity index (χ0) is 19.2. The van der Waals surface area contributed by atoms with Crippen LogP contribution in [-0.2, 0) is 13.1 Å². The van der Waals surface area contributed by atoms with Crippen LogP contribution in [0.3, 0.4) is 0 Å². The van der Waals surface area contributed by atoms with E-state index in [2.05, 4.69) is 75.1 Å². The normalized spacial score (nSPS) is 21.0. The van der Waals surface area contributed by atoms with Gasteiger partial charge in [-0.2, -0.15) is 0 Å². The molecule has 3 rings (SSSR count). The largest absolute Gasteiger partial charge is 0.352 e. The highest BCUT2D eigenvalue weighted by atomic mass is 15.3. The van der Waals surface area contributed by atoms with Gasteiger partial charge in [0.15, 0.2) is 5.96 Å². The summed E-state index contributed by atoms with van der Waals surface area (Å²) in [4.78, 5) is 11.0. The van der Waals surface area contributed by atoms with E-state index in [-0.39, 0.29) is 0 Å². The van der Waals surface area contributed by atoms with E-state index in [0.717, 1.165) is 32.1 Å². The Bertz CT molecular complexity index is 737. The molecule has 2 atom stereocenters. The molecule has 1 aliphatic heterocycles. The highest BCUT2D eigenvalue weighted by Crippen LogP contribution is 2.18. The Balaban J connectivity index is 1.54. The van der Waals surface area contributed by atoms with Crippen LogP contribution in [0.1, 0.15) is 31.9 Å². The van der Waals surface area contributed by atoms with Crippen LogP contribution in [0.25, 0.3) is 0 Å². The van der Waals surface area contributed by atoms with Crippen molar-refractivity contribution in [1.82, 2.24) is 25.1 Å². The lowest BCUT2D eigenvalue weighted by Gasteiger charge is -2.22. The van der Waals surface area contributed by atoms with Crippen LogP contribution in [0.4, 0.5) is 0 Å². The average Bonchev–Trinajstić information content (AvgIpc) is 3.29. The maximum Gasteiger partial charge on any atom is 0.191 e. The van der Waals surface area contributed by atoms with Crippen LogP contribution in [-0.4, -0.2) is 52.6 Å². The van der Waals surface area contributed by atoms with Crippen molar-refractivity contribution >= 4 is 5.96 Å². The summed E-state index contributed by atoms with van der Waals surface area (Å²) in [6.07, 6.45) is 5.64. The van der Waals surface area contributed by atoms with Crippen molar-refractivity contribution in [2.75, 3.05) is 20.1 Å². The maximum atomic E-state index is 4.42. The van der Waals surface area contributed by atoms with E-state index in [9.17, 15) is 0 Å². The maximum absolute atomic E-state index is 4.42. The zero-order valence-electron chi connectivity index (χ0n) is 16.9. The fraction of sp³-hybridized carbons (Fsp3) is 0.524. The minimum atomic E-state index is 0.436. The molecule has 1 aromatic carbocycles. The Hall–Kier alpha value is -2.34. The quantitative estimate of drug-likeness (QED) is 0.607. The van der Waals surface area contributed by atoms with Crippen molar-refractivity contribution in [3.05, 3.63) is 54.1 Å². The molecular formula is C21H32N6. The average molecular weight is 369 g/mol. The van der Waals surface area contributed by atoms with Gasteiger partial charge in [-0.25, -0.2) is 4.98 Å². The molecule has 1 fully saturated rings. The van der Waals surface area contributed by atoms with E-state index in [4.69, 9.17) is 0 Å². The third-order valence-corrected chi connectivity index (χ3v) is 5.29. The van der Waals surface area contributed by atoms with Gasteiger partial charge in [0.05, 0.1) is 6.33 Å². The number of imidazole rings is 1. The summed E-state index contributed by atoms with van der Waals surface area (Å²) >= 11 is 0. The van der Waals surface area contributed by atoms with Crippen molar-refractivity contribution in [3.63, 3.8) is 0 Å². The van der Waals surface area contributed by atoms with E-state index in [1.54, 1.807) is 0 Å². The highest BCUT2D eigenvalue weighted by Gasteiger charge is 2.31. The Morgan fingerprint density at radius 2 is 2.11 bits per heavy atom. The topological polar surface area (TPSA) is 57.5 Å². The molecule has 0 aliphatic carbocycles. The molecule has 1 saturated heterocycles. The lowest BCUT2D eigenvalue weighted by molar-refractivity contribution is 0.265. The van der Waals surface area contributed by atoms with Crippen molar-refractivity contribution in [3.8, 4) is 0 Å². The van der Waals surface area contributed by atoms with Crippen LogP contribution in [0.5, 0.6) is 0 Å². The van der Waals surface area contributed by atoms with Gasteiger partial charge in [-0.3, -0.25) is 9.89 Å². The summed E-state index contributed by atoms with van der Waals surface area (Å²) in [7, 11) is 1.84. The van der Waals surface area contributed by atoms with Gasteiger partial charge < -0.3 is 15.2 Å². The van der Waals surface area contributed by atoms with Crippen LogP contribution >= 0.6 is 0 Å². The first-order valence-electron chi connectivity index (χ1n) is 9.80. The fourth-order valence-corrected chi connectivity index (χ4v) is 3.60. The second-order valence-corrected chi connectivity index (χ2v) is 7.76. The molecule has 0 bridgehead atoms. The molecule has 2 heterocycles. The molecule has 2 aromatic rings. The lowest BCUT2D eigenvalue weighted by Crippen LogP contribution is -2.46. The van der Waals surface area contributed by atoms with Crippen LogP contribution in [0, 0.1) is 5.92 Å². The number of hydrogen-bond acceptors (Lipinski definition) is 3. The number of rotatable bonds is 6. The standard InChI is InChI=1S/C21H32N6/c1-16(2)27-12-17(3)20(14-27)25-21(22-4)24-11-18-6-5-7-19(10-18)13-26-9-8-23-15-26/h5-10,15-17,20H,11-14H2,1-4H3,(H2,22,24,25). The van der Waals surface area contributed by atoms with Gasteiger partial charge in [0.2, 0.25) is 0 Å². The first-order chi connectivity index (χ1) is 13.0. The third-order valence-electron chi connectivity index (χ3n) is 5.29. The van der Waals surface area contributed by atoms with E-state index < -0.39 is 0 Å². The molecule has 1 aromatic heterocycles. The van der Waals surface area contributed by atoms with Crippen molar-refractivity contribution in [1.29, 1.82) is 0 Å². The van der Waals surface area contributed by atoms with E-state index >= 15 is 0 Å². The molecule has 0 radical (unpaired) electrons. The van der Waals surface area contributed by atoms with Crippen molar-refractivity contribution < 1.29 is 0 Å². The summed E-state index contributed by atoms with van der Waals surface area (Å²) in [6.45, 7) is 10.6. The summed E-state index contributed by atoms with van der Waals surface area (Å²) in [5, 5.41) is 7.07. The number of nitrogens with zero attached hydrogens (tertiary/aromatic N) is 4. The van der Waals surface area contributed by atoms with Gasteiger partial charge in [0.1, 0.15) is 0 Å². The molecule has 2 unspecified atom stereocenters. The number of aliphatic imine (C=N–C) groups is 1. The van der Waals surface area contributed by atoms with E-state index in [1.807, 2.05) is 25.8 Å². The summed E-state index contributed by atoms with van der Waals surface area (Å²) in [5.74, 6) is 1.49. The van der Waals surface area contributed by atoms with Crippen molar-refractivity contribution in [2.45, 2.75) is 45.9 Å². The summed E-state index contributed by atoms with van der Waals surface area (Å²) in [5.41, 5.74) is 2.52. The van der Waals surface area contributed by atoms with Gasteiger partial charge in [-0.15, -0.1) is 0 Å². The minimum absolute atomic E-state index is 0.436. The first kappa shape index (κ1) is 19.4. The van der Waals surface area contributed by atoms with Gasteiger partial charge in [0.25, 0.3) is 0 Å². The number of likely N-dealkylation sites (tertiary alicyclic amines) is 1. The lowest BCUT2D eigenvalue weighted by atomic mass is 10.1. The minimum Gasteiger partial charge on any atom is -0.352 e. The van der Waals surface area contributed by atoms with Crippen LogP contribution < -0.4 is 10.6 Å². The van der Waals surface area contributed by atoms with Crippen LogP contribution in [0.2, 0.25) is 0 Å². The molecule has 146 valence electrons. The van der Waals surface area contributed by atoms with E-state index in [1.165, 1.54) is 11.1 Å². The Kier molecular flexibility index (Phi) is 6.50. The molecule has 27 heavy (non-hydrogen) atoms. The summed E-state index contributed by atoms with van der Waals surface area (Å²) in [6, 6.07) is 9.67. The Morgan fingerprint density at radius 1 is 1.30 bits per heavy atom. The predicted octanol–water partition coefficient (Wildman–Crippen LogP) is 2.33. The molecule has 6 nitrogen and oxygen atoms in total. The molecule has 6 heteroatoms. The Labute approximate surface area is 162 Å². The number of aromatic nitrogens is 2. The second-order valence-electron chi connectivity index (χ2n) is 7.76. The molecular weight excluding hydrogens is 336 g/mol. The third kappa shape index (κ3) is 5.32. The first-order valence-corrected chi connectivity index (χ1v) is 9.80. The zero-order valence-corrected chi connectivity index (χ0v) is 16.9. The molecule has 0 amide bonds. The predicted molar refractivity (Wildman–Crippen MR) is 111 cm³/mol. The SMILES string of the molecule is CN=C(NCc1cccc(Cn2ccnc2)c1)NC1CN(C(C)C)CC1C. The van der Waals surface area contributed by atoms with E-state index in [0.29, 0.717) is 18.0 Å². The fourth-order valence-electron chi connectivity index (χ4n) is 3.60. The van der Waals surface area contributed by atoms with Gasteiger partial charge >= 0.3 is 0 Å². The van der Waals surface area contributed by atoms with Gasteiger partial charge in [-0.1, -0.05) is 31.2 Å². The second kappa shape index (κ2) is 9.04. The van der Waals surface area contributed by atoms with Crippen LogP contribution in [0.15, 0.2) is 48.0 Å². The number of hydrogen-bond donors (Lipinski definition) is 2. The monoisotopic (exact) mass is 368 g/mol. The molecule has 0 spiro atoms.